The van der Waals surface area contributed by atoms with Crippen LogP contribution in [0.4, 0.5) is 16.2 Å². The first-order chi connectivity index (χ1) is 17.7. The molecule has 1 fully saturated rings. The number of amides is 2. The molecule has 0 saturated carbocycles. The molecule has 188 valence electrons. The van der Waals surface area contributed by atoms with Crippen molar-refractivity contribution in [2.45, 2.75) is 25.8 Å². The van der Waals surface area contributed by atoms with Gasteiger partial charge in [0.25, 0.3) is 0 Å². The number of nitrogens with zero attached hydrogens (tertiary/aromatic N) is 4. The monoisotopic (exact) mass is 505 g/mol. The van der Waals surface area contributed by atoms with Gasteiger partial charge >= 0.3 is 6.03 Å². The van der Waals surface area contributed by atoms with E-state index in [-0.39, 0.29) is 6.03 Å². The second kappa shape index (κ2) is 11.5. The molecule has 4 heterocycles. The summed E-state index contributed by atoms with van der Waals surface area (Å²) in [5, 5.41) is 2.72. The maximum absolute atomic E-state index is 12.1. The minimum absolute atomic E-state index is 0.296. The van der Waals surface area contributed by atoms with Gasteiger partial charge < -0.3 is 24.9 Å². The molecule has 36 heavy (non-hydrogen) atoms. The number of piperidine rings is 1. The van der Waals surface area contributed by atoms with Crippen molar-refractivity contribution in [1.29, 1.82) is 0 Å². The highest BCUT2D eigenvalue weighted by molar-refractivity contribution is 7.97. The Morgan fingerprint density at radius 2 is 2.03 bits per heavy atom. The topological polar surface area (TPSA) is 114 Å². The molecule has 0 aliphatic carbocycles. The molecule has 0 atom stereocenters. The summed E-state index contributed by atoms with van der Waals surface area (Å²) >= 11 is 1.40. The molecule has 1 saturated heterocycles. The first-order valence-corrected chi connectivity index (χ1v) is 13.2. The number of nitrogens with two attached hydrogens (primary N) is 1. The zero-order valence-corrected chi connectivity index (χ0v) is 20.9. The summed E-state index contributed by atoms with van der Waals surface area (Å²) in [6.45, 7) is 3.75. The SMILES string of the molecule is Nc1ccncc1NC(=O)NSCCN1CCC(Cc2nc3ccccc3n2Cc2ccco2)CC1. The molecule has 9 nitrogen and oxygen atoms in total. The molecule has 4 N–H and O–H groups in total. The van der Waals surface area contributed by atoms with Gasteiger partial charge in [-0.05, 0) is 74.1 Å². The molecule has 1 aliphatic rings. The molecule has 3 aromatic heterocycles. The van der Waals surface area contributed by atoms with Crippen LogP contribution < -0.4 is 15.8 Å². The highest BCUT2D eigenvalue weighted by Gasteiger charge is 2.22. The first kappa shape index (κ1) is 24.2. The maximum atomic E-state index is 12.1. The molecule has 4 aromatic rings. The van der Waals surface area contributed by atoms with Crippen LogP contribution in [0.3, 0.4) is 0 Å². The Bertz CT molecular complexity index is 1280. The molecule has 0 spiro atoms. The summed E-state index contributed by atoms with van der Waals surface area (Å²) in [7, 11) is 0. The lowest BCUT2D eigenvalue weighted by Crippen LogP contribution is -2.36. The smallest absolute Gasteiger partial charge is 0.329 e. The number of pyridine rings is 1. The van der Waals surface area contributed by atoms with Gasteiger partial charge in [0.15, 0.2) is 0 Å². The first-order valence-electron chi connectivity index (χ1n) is 12.2. The Balaban J connectivity index is 1.07. The fourth-order valence-electron chi connectivity index (χ4n) is 4.64. The van der Waals surface area contributed by atoms with Crippen molar-refractivity contribution in [3.63, 3.8) is 0 Å². The van der Waals surface area contributed by atoms with Gasteiger partial charge in [-0.3, -0.25) is 9.71 Å². The van der Waals surface area contributed by atoms with E-state index in [1.807, 2.05) is 18.2 Å². The number of rotatable bonds is 9. The third-order valence-corrected chi connectivity index (χ3v) is 7.30. The second-order valence-corrected chi connectivity index (χ2v) is 9.94. The van der Waals surface area contributed by atoms with Crippen LogP contribution in [0.25, 0.3) is 11.0 Å². The van der Waals surface area contributed by atoms with E-state index in [0.717, 1.165) is 67.3 Å². The Morgan fingerprint density at radius 1 is 1.17 bits per heavy atom. The van der Waals surface area contributed by atoms with Crippen molar-refractivity contribution in [2.75, 3.05) is 36.4 Å². The van der Waals surface area contributed by atoms with Crippen LogP contribution in [0.15, 0.2) is 65.5 Å². The van der Waals surface area contributed by atoms with E-state index in [1.54, 1.807) is 18.5 Å². The normalized spacial score (nSPS) is 14.8. The van der Waals surface area contributed by atoms with Gasteiger partial charge in [-0.1, -0.05) is 12.1 Å². The van der Waals surface area contributed by atoms with Crippen molar-refractivity contribution >= 4 is 40.4 Å². The largest absolute Gasteiger partial charge is 0.467 e. The van der Waals surface area contributed by atoms with Crippen LogP contribution in [-0.2, 0) is 13.0 Å². The van der Waals surface area contributed by atoms with Crippen LogP contribution in [-0.4, -0.2) is 50.9 Å². The van der Waals surface area contributed by atoms with E-state index >= 15 is 0 Å². The molecule has 1 aliphatic heterocycles. The average Bonchev–Trinajstić information content (AvgIpc) is 3.53. The lowest BCUT2D eigenvalue weighted by atomic mass is 9.93. The lowest BCUT2D eigenvalue weighted by Gasteiger charge is -2.31. The molecule has 10 heteroatoms. The van der Waals surface area contributed by atoms with Crippen LogP contribution in [0.5, 0.6) is 0 Å². The third kappa shape index (κ3) is 6.00. The summed E-state index contributed by atoms with van der Waals surface area (Å²) in [5.74, 6) is 3.50. The summed E-state index contributed by atoms with van der Waals surface area (Å²) in [6.07, 6.45) is 8.10. The molecule has 2 amide bonds. The summed E-state index contributed by atoms with van der Waals surface area (Å²) < 4.78 is 10.7. The molecule has 0 unspecified atom stereocenters. The zero-order valence-electron chi connectivity index (χ0n) is 20.1. The van der Waals surface area contributed by atoms with Crippen molar-refractivity contribution in [3.8, 4) is 0 Å². The fraction of sp³-hybridized carbons (Fsp3) is 0.346. The summed E-state index contributed by atoms with van der Waals surface area (Å²) in [5.41, 5.74) is 9.03. The molecule has 0 bridgehead atoms. The lowest BCUT2D eigenvalue weighted by molar-refractivity contribution is 0.191. The van der Waals surface area contributed by atoms with E-state index in [4.69, 9.17) is 15.1 Å². The average molecular weight is 506 g/mol. The van der Waals surface area contributed by atoms with Crippen LogP contribution in [0, 0.1) is 5.92 Å². The number of carbonyl (C=O) groups is 1. The maximum Gasteiger partial charge on any atom is 0.329 e. The Labute approximate surface area is 214 Å². The second-order valence-electron chi connectivity index (χ2n) is 9.04. The van der Waals surface area contributed by atoms with Gasteiger partial charge in [0.05, 0.1) is 41.4 Å². The standard InChI is InChI=1S/C26H31N7O2S/c27-21-7-10-28-17-23(21)30-26(34)31-36-15-13-32-11-8-19(9-12-32)16-25-29-22-5-1-2-6-24(22)33(25)18-20-4-3-14-35-20/h1-7,10,14,17,19H,8-9,11-13,15-16,18H2,(H2,27,28)(H2,30,31,34). The van der Waals surface area contributed by atoms with Crippen molar-refractivity contribution in [1.82, 2.24) is 24.2 Å². The number of hydrogen-bond donors (Lipinski definition) is 3. The van der Waals surface area contributed by atoms with Crippen molar-refractivity contribution < 1.29 is 9.21 Å². The Kier molecular flexibility index (Phi) is 7.73. The van der Waals surface area contributed by atoms with Crippen molar-refractivity contribution in [3.05, 3.63) is 72.7 Å². The highest BCUT2D eigenvalue weighted by atomic mass is 32.2. The van der Waals surface area contributed by atoms with Crippen LogP contribution in [0.1, 0.15) is 24.4 Å². The number of benzene rings is 1. The van der Waals surface area contributed by atoms with Gasteiger partial charge in [0.1, 0.15) is 11.6 Å². The number of nitrogens with one attached hydrogen (secondary N) is 2. The minimum Gasteiger partial charge on any atom is -0.467 e. The highest BCUT2D eigenvalue weighted by Crippen LogP contribution is 2.25. The number of para-hydroxylation sites is 2. The molecule has 0 radical (unpaired) electrons. The van der Waals surface area contributed by atoms with Gasteiger partial charge in [-0.25, -0.2) is 9.78 Å². The minimum atomic E-state index is -0.296. The Hall–Kier alpha value is -3.50. The molecular weight excluding hydrogens is 474 g/mol. The van der Waals surface area contributed by atoms with E-state index in [0.29, 0.717) is 23.8 Å². The molecular formula is C26H31N7O2S. The van der Waals surface area contributed by atoms with Crippen LogP contribution in [0.2, 0.25) is 0 Å². The summed E-state index contributed by atoms with van der Waals surface area (Å²) in [4.78, 5) is 23.5. The van der Waals surface area contributed by atoms with Gasteiger partial charge in [0.2, 0.25) is 0 Å². The number of carbonyl (C=O) groups excluding carboxylic acids is 1. The third-order valence-electron chi connectivity index (χ3n) is 6.58. The zero-order chi connectivity index (χ0) is 24.7. The number of urea groups is 1. The Morgan fingerprint density at radius 3 is 2.83 bits per heavy atom. The van der Waals surface area contributed by atoms with E-state index in [9.17, 15) is 4.79 Å². The van der Waals surface area contributed by atoms with E-state index in [1.165, 1.54) is 18.1 Å². The fourth-order valence-corrected chi connectivity index (χ4v) is 5.27. The van der Waals surface area contributed by atoms with Gasteiger partial charge in [-0.15, -0.1) is 0 Å². The molecule has 5 rings (SSSR count). The number of anilines is 2. The number of imidazole rings is 1. The predicted octanol–water partition coefficient (Wildman–Crippen LogP) is 4.38. The van der Waals surface area contributed by atoms with Gasteiger partial charge in [-0.2, -0.15) is 0 Å². The van der Waals surface area contributed by atoms with Gasteiger partial charge in [0, 0.05) is 24.9 Å². The predicted molar refractivity (Wildman–Crippen MR) is 144 cm³/mol. The number of hydrogen-bond acceptors (Lipinski definition) is 7. The number of likely N-dealkylation sites (tertiary alicyclic amines) is 1. The number of fused-ring (bicyclic) bond motifs is 1. The van der Waals surface area contributed by atoms with E-state index < -0.39 is 0 Å². The quantitative estimate of drug-likeness (QED) is 0.228. The molecule has 1 aromatic carbocycles. The number of furan rings is 1. The van der Waals surface area contributed by atoms with Crippen LogP contribution >= 0.6 is 11.9 Å². The van der Waals surface area contributed by atoms with Crippen molar-refractivity contribution in [2.24, 2.45) is 5.92 Å². The number of aromatic nitrogens is 3. The summed E-state index contributed by atoms with van der Waals surface area (Å²) in [6, 6.07) is 13.6. The number of nitrogen functional groups attached to an aromatic ring is 1. The van der Waals surface area contributed by atoms with E-state index in [2.05, 4.69) is 42.7 Å².